The predicted octanol–water partition coefficient (Wildman–Crippen LogP) is 1.79. The van der Waals surface area contributed by atoms with E-state index in [1.807, 2.05) is 0 Å². The van der Waals surface area contributed by atoms with Gasteiger partial charge in [0, 0.05) is 6.04 Å². The third-order valence-electron chi connectivity index (χ3n) is 7.51. The third kappa shape index (κ3) is 2.09. The van der Waals surface area contributed by atoms with E-state index in [0.29, 0.717) is 24.2 Å². The first kappa shape index (κ1) is 16.4. The van der Waals surface area contributed by atoms with E-state index in [0.717, 1.165) is 38.5 Å². The molecular weight excluding hydrogens is 302 g/mol. The first-order chi connectivity index (χ1) is 10.9. The number of nitrogens with two attached hydrogens (primary N) is 1. The fraction of sp³-hybridized carbons (Fsp3) is 0.895. The van der Waals surface area contributed by atoms with E-state index < -0.39 is 11.6 Å². The van der Waals surface area contributed by atoms with E-state index in [1.165, 1.54) is 6.42 Å². The Morgan fingerprint density at radius 3 is 2.46 bits per heavy atom. The van der Waals surface area contributed by atoms with Crippen LogP contribution in [-0.2, 0) is 4.79 Å². The Labute approximate surface area is 144 Å². The number of carbonyl (C=O) groups excluding carboxylic acids is 1. The minimum Gasteiger partial charge on any atom is -0.390 e. The molecule has 6 atom stereocenters. The fourth-order valence-electron chi connectivity index (χ4n) is 6.96. The van der Waals surface area contributed by atoms with E-state index >= 15 is 0 Å². The highest BCUT2D eigenvalue weighted by Gasteiger charge is 2.62. The molecule has 0 aromatic heterocycles. The second kappa shape index (κ2) is 4.95. The molecule has 6 fully saturated rings. The van der Waals surface area contributed by atoms with Gasteiger partial charge in [0.15, 0.2) is 0 Å². The zero-order valence-corrected chi connectivity index (χ0v) is 13.4. The Balaban J connectivity index is 0.00000146. The second-order valence-electron chi connectivity index (χ2n) is 9.21. The van der Waals surface area contributed by atoms with Crippen LogP contribution in [0, 0.1) is 34.5 Å². The molecule has 1 amide bonds. The van der Waals surface area contributed by atoms with Gasteiger partial charge in [-0.2, -0.15) is 5.26 Å². The number of rotatable bonds is 2. The number of fused-ring (bicyclic) bond motifs is 1. The van der Waals surface area contributed by atoms with Crippen molar-refractivity contribution in [3.05, 3.63) is 0 Å². The van der Waals surface area contributed by atoms with Gasteiger partial charge in [-0.3, -0.25) is 4.79 Å². The number of hydrogen-bond donors (Lipinski definition) is 2. The molecule has 6 aliphatic rings. The number of piperidine rings is 1. The van der Waals surface area contributed by atoms with Crippen LogP contribution in [0.2, 0.25) is 0 Å². The number of nitriles is 1. The van der Waals surface area contributed by atoms with Crippen LogP contribution in [0.25, 0.3) is 0 Å². The van der Waals surface area contributed by atoms with E-state index in [4.69, 9.17) is 5.73 Å². The van der Waals surface area contributed by atoms with Crippen molar-refractivity contribution in [3.8, 4) is 6.07 Å². The fourth-order valence-corrected chi connectivity index (χ4v) is 6.96. The highest BCUT2D eigenvalue weighted by atomic mass is 16.3. The molecule has 3 unspecified atom stereocenters. The summed E-state index contributed by atoms with van der Waals surface area (Å²) in [6, 6.07) is 1.72. The lowest BCUT2D eigenvalue weighted by Gasteiger charge is -2.61. The zero-order valence-electron chi connectivity index (χ0n) is 13.4. The lowest BCUT2D eigenvalue weighted by atomic mass is 9.46. The summed E-state index contributed by atoms with van der Waals surface area (Å²) in [7, 11) is 0. The molecule has 0 aromatic carbocycles. The summed E-state index contributed by atoms with van der Waals surface area (Å²) in [5, 5.41) is 20.2. The molecule has 5 heteroatoms. The van der Waals surface area contributed by atoms with Crippen LogP contribution in [0.3, 0.4) is 0 Å². The van der Waals surface area contributed by atoms with Crippen molar-refractivity contribution in [2.24, 2.45) is 28.9 Å². The highest BCUT2D eigenvalue weighted by Crippen LogP contribution is 2.63. The van der Waals surface area contributed by atoms with Crippen LogP contribution < -0.4 is 5.73 Å². The summed E-state index contributed by atoms with van der Waals surface area (Å²) in [5.41, 5.74) is 5.71. The van der Waals surface area contributed by atoms with Crippen molar-refractivity contribution in [3.63, 3.8) is 0 Å². The van der Waals surface area contributed by atoms with Crippen molar-refractivity contribution < 1.29 is 9.90 Å². The van der Waals surface area contributed by atoms with Crippen LogP contribution in [0.1, 0.15) is 58.8 Å². The molecule has 1 saturated heterocycles. The SMILES string of the molecule is C.N#C[C@@H]1CC2C[C@@H]2N1C(=O)[C@@H](N)C12CC3CC(CC(O)(C3)C1)C2. The van der Waals surface area contributed by atoms with Crippen molar-refractivity contribution in [2.75, 3.05) is 0 Å². The lowest BCUT2D eigenvalue weighted by molar-refractivity contribution is -0.177. The molecule has 6 rings (SSSR count). The van der Waals surface area contributed by atoms with Gasteiger partial charge < -0.3 is 15.7 Å². The maximum atomic E-state index is 13.1. The van der Waals surface area contributed by atoms with Gasteiger partial charge in [0.05, 0.1) is 17.7 Å². The van der Waals surface area contributed by atoms with E-state index in [2.05, 4.69) is 6.07 Å². The van der Waals surface area contributed by atoms with Gasteiger partial charge in [-0.05, 0) is 74.5 Å². The average Bonchev–Trinajstić information content (AvgIpc) is 3.14. The molecule has 132 valence electrons. The Morgan fingerprint density at radius 1 is 1.21 bits per heavy atom. The van der Waals surface area contributed by atoms with Gasteiger partial charge in [-0.25, -0.2) is 0 Å². The lowest BCUT2D eigenvalue weighted by Crippen LogP contribution is -2.64. The highest BCUT2D eigenvalue weighted by molar-refractivity contribution is 5.84. The monoisotopic (exact) mass is 331 g/mol. The molecule has 1 heterocycles. The van der Waals surface area contributed by atoms with Crippen LogP contribution in [-0.4, -0.2) is 39.6 Å². The van der Waals surface area contributed by atoms with Gasteiger partial charge in [0.25, 0.3) is 0 Å². The standard InChI is InChI=1S/C18H25N3O2.CH4/c19-8-13-2-12-3-14(12)21(13)16(22)15(20)17-4-10-1-11(5-17)7-18(23,6-10)9-17;/h10-15,23H,1-7,9,20H2;1H4/t10?,11?,12?,13-,14-,15+,17?,18?;/m0./s1. The van der Waals surface area contributed by atoms with Crippen LogP contribution in [0.5, 0.6) is 0 Å². The number of aliphatic hydroxyl groups is 1. The number of hydrogen-bond acceptors (Lipinski definition) is 4. The van der Waals surface area contributed by atoms with Crippen LogP contribution in [0.4, 0.5) is 0 Å². The van der Waals surface area contributed by atoms with Crippen LogP contribution in [0.15, 0.2) is 0 Å². The normalized spacial score (nSPS) is 51.5. The maximum absolute atomic E-state index is 13.1. The van der Waals surface area contributed by atoms with E-state index in [1.54, 1.807) is 4.90 Å². The molecule has 1 aliphatic heterocycles. The van der Waals surface area contributed by atoms with Gasteiger partial charge in [-0.15, -0.1) is 0 Å². The molecule has 0 radical (unpaired) electrons. The smallest absolute Gasteiger partial charge is 0.241 e. The molecule has 5 aliphatic carbocycles. The number of amides is 1. The Hall–Kier alpha value is -1.12. The quantitative estimate of drug-likeness (QED) is 0.807. The largest absolute Gasteiger partial charge is 0.390 e. The summed E-state index contributed by atoms with van der Waals surface area (Å²) in [6.07, 6.45) is 7.48. The molecule has 3 N–H and O–H groups in total. The molecule has 5 nitrogen and oxygen atoms in total. The molecular formula is C19H29N3O2. The average molecular weight is 331 g/mol. The number of carbonyl (C=O) groups is 1. The van der Waals surface area contributed by atoms with Gasteiger partial charge in [-0.1, -0.05) is 7.43 Å². The van der Waals surface area contributed by atoms with Gasteiger partial charge in [0.1, 0.15) is 6.04 Å². The van der Waals surface area contributed by atoms with Crippen molar-refractivity contribution in [2.45, 2.75) is 82.5 Å². The van der Waals surface area contributed by atoms with E-state index in [-0.39, 0.29) is 30.8 Å². The molecule has 24 heavy (non-hydrogen) atoms. The van der Waals surface area contributed by atoms with Crippen LogP contribution >= 0.6 is 0 Å². The Kier molecular flexibility index (Phi) is 3.38. The molecule has 5 saturated carbocycles. The first-order valence-corrected chi connectivity index (χ1v) is 9.13. The maximum Gasteiger partial charge on any atom is 0.241 e. The van der Waals surface area contributed by atoms with Gasteiger partial charge >= 0.3 is 0 Å². The second-order valence-corrected chi connectivity index (χ2v) is 9.21. The predicted molar refractivity (Wildman–Crippen MR) is 89.5 cm³/mol. The summed E-state index contributed by atoms with van der Waals surface area (Å²) in [5.74, 6) is 1.56. The van der Waals surface area contributed by atoms with Crippen molar-refractivity contribution in [1.29, 1.82) is 5.26 Å². The van der Waals surface area contributed by atoms with Gasteiger partial charge in [0.2, 0.25) is 5.91 Å². The molecule has 4 bridgehead atoms. The topological polar surface area (TPSA) is 90.4 Å². The Bertz CT molecular complexity index is 598. The minimum atomic E-state index is -0.594. The zero-order chi connectivity index (χ0) is 16.0. The van der Waals surface area contributed by atoms with Crippen molar-refractivity contribution in [1.82, 2.24) is 4.90 Å². The third-order valence-corrected chi connectivity index (χ3v) is 7.51. The number of likely N-dealkylation sites (tertiary alicyclic amines) is 1. The first-order valence-electron chi connectivity index (χ1n) is 9.13. The summed E-state index contributed by atoms with van der Waals surface area (Å²) >= 11 is 0. The Morgan fingerprint density at radius 2 is 1.88 bits per heavy atom. The van der Waals surface area contributed by atoms with E-state index in [9.17, 15) is 15.2 Å². The minimum absolute atomic E-state index is 0. The molecule has 0 aromatic rings. The summed E-state index contributed by atoms with van der Waals surface area (Å²) in [6.45, 7) is 0. The van der Waals surface area contributed by atoms with Crippen molar-refractivity contribution >= 4 is 5.91 Å². The molecule has 0 spiro atoms. The summed E-state index contributed by atoms with van der Waals surface area (Å²) < 4.78 is 0. The number of nitrogens with zero attached hydrogens (tertiary/aromatic N) is 2. The summed E-state index contributed by atoms with van der Waals surface area (Å²) in [4.78, 5) is 14.9.